The van der Waals surface area contributed by atoms with Gasteiger partial charge in [-0.15, -0.1) is 24.0 Å². The Hall–Kier alpha value is -1.58. The van der Waals surface area contributed by atoms with E-state index in [2.05, 4.69) is 45.0 Å². The molecule has 0 amide bonds. The van der Waals surface area contributed by atoms with Crippen molar-refractivity contribution in [2.24, 2.45) is 10.9 Å². The minimum atomic E-state index is 0. The highest BCUT2D eigenvalue weighted by molar-refractivity contribution is 14.0. The van der Waals surface area contributed by atoms with Crippen LogP contribution in [-0.4, -0.2) is 51.7 Å². The average molecular weight is 500 g/mol. The zero-order chi connectivity index (χ0) is 19.2. The van der Waals surface area contributed by atoms with E-state index < -0.39 is 0 Å². The molecule has 7 nitrogen and oxygen atoms in total. The number of hydrogen-bond donors (Lipinski definition) is 1. The van der Waals surface area contributed by atoms with Gasteiger partial charge in [0.15, 0.2) is 5.96 Å². The number of aryl methyl sites for hydroxylation is 2. The molecule has 2 unspecified atom stereocenters. The summed E-state index contributed by atoms with van der Waals surface area (Å²) in [6.45, 7) is 12.1. The molecule has 1 saturated heterocycles. The first-order valence-corrected chi connectivity index (χ1v) is 10.0. The fourth-order valence-corrected chi connectivity index (χ4v) is 3.82. The van der Waals surface area contributed by atoms with Gasteiger partial charge in [-0.05, 0) is 46.0 Å². The zero-order valence-corrected chi connectivity index (χ0v) is 19.7. The Morgan fingerprint density at radius 1 is 1.39 bits per heavy atom. The van der Waals surface area contributed by atoms with E-state index in [0.717, 1.165) is 62.9 Å². The van der Waals surface area contributed by atoms with Gasteiger partial charge in [0.05, 0.1) is 18.1 Å². The lowest BCUT2D eigenvalue weighted by Crippen LogP contribution is -2.49. The van der Waals surface area contributed by atoms with E-state index >= 15 is 0 Å². The van der Waals surface area contributed by atoms with Gasteiger partial charge in [-0.1, -0.05) is 12.1 Å². The van der Waals surface area contributed by atoms with E-state index in [0.29, 0.717) is 12.0 Å². The van der Waals surface area contributed by atoms with Crippen LogP contribution in [0.2, 0.25) is 0 Å². The number of halogens is 1. The second kappa shape index (κ2) is 10.8. The molecule has 0 aliphatic carbocycles. The number of nitrogens with one attached hydrogen (secondary N) is 1. The van der Waals surface area contributed by atoms with Crippen LogP contribution in [0, 0.1) is 19.8 Å². The molecular formula is C20H33IN6O. The first-order chi connectivity index (χ1) is 13.1. The number of guanidine groups is 1. The van der Waals surface area contributed by atoms with Crippen LogP contribution in [0.5, 0.6) is 0 Å². The summed E-state index contributed by atoms with van der Waals surface area (Å²) in [5.41, 5.74) is 2.22. The third kappa shape index (κ3) is 5.48. The van der Waals surface area contributed by atoms with Crippen molar-refractivity contribution in [3.05, 3.63) is 35.7 Å². The van der Waals surface area contributed by atoms with Crippen LogP contribution >= 0.6 is 24.0 Å². The SMILES string of the molecule is CCNC(=NCCCc1c(C)noc1C)N1CCC(C)C(n2ccnc2)C1.I. The summed E-state index contributed by atoms with van der Waals surface area (Å²) in [4.78, 5) is 11.5. The number of nitrogens with zero attached hydrogens (tertiary/aromatic N) is 5. The second-order valence-corrected chi connectivity index (χ2v) is 7.43. The van der Waals surface area contributed by atoms with E-state index in [1.165, 1.54) is 5.56 Å². The molecule has 0 saturated carbocycles. The van der Waals surface area contributed by atoms with Gasteiger partial charge in [-0.3, -0.25) is 4.99 Å². The van der Waals surface area contributed by atoms with Crippen LogP contribution in [0.1, 0.15) is 49.7 Å². The predicted molar refractivity (Wildman–Crippen MR) is 122 cm³/mol. The van der Waals surface area contributed by atoms with Gasteiger partial charge in [0.2, 0.25) is 0 Å². The molecule has 0 spiro atoms. The Kier molecular flexibility index (Phi) is 8.78. The number of hydrogen-bond acceptors (Lipinski definition) is 4. The quantitative estimate of drug-likeness (QED) is 0.284. The van der Waals surface area contributed by atoms with Crippen molar-refractivity contribution >= 4 is 29.9 Å². The fraction of sp³-hybridized carbons (Fsp3) is 0.650. The molecule has 1 aliphatic rings. The van der Waals surface area contributed by atoms with Gasteiger partial charge in [-0.2, -0.15) is 0 Å². The first kappa shape index (κ1) is 22.7. The molecular weight excluding hydrogens is 467 g/mol. The third-order valence-corrected chi connectivity index (χ3v) is 5.49. The highest BCUT2D eigenvalue weighted by Crippen LogP contribution is 2.27. The highest BCUT2D eigenvalue weighted by atomic mass is 127. The van der Waals surface area contributed by atoms with E-state index in [4.69, 9.17) is 9.52 Å². The Balaban J connectivity index is 0.00000280. The van der Waals surface area contributed by atoms with Crippen LogP contribution in [0.25, 0.3) is 0 Å². The smallest absolute Gasteiger partial charge is 0.193 e. The predicted octanol–water partition coefficient (Wildman–Crippen LogP) is 3.59. The number of aromatic nitrogens is 3. The van der Waals surface area contributed by atoms with Crippen molar-refractivity contribution in [3.63, 3.8) is 0 Å². The summed E-state index contributed by atoms with van der Waals surface area (Å²) in [5.74, 6) is 2.59. The lowest BCUT2D eigenvalue weighted by Gasteiger charge is -2.39. The van der Waals surface area contributed by atoms with Gasteiger partial charge in [-0.25, -0.2) is 4.98 Å². The maximum absolute atomic E-state index is 5.25. The summed E-state index contributed by atoms with van der Waals surface area (Å²) in [7, 11) is 0. The Bertz CT molecular complexity index is 722. The largest absolute Gasteiger partial charge is 0.361 e. The number of imidazole rings is 1. The molecule has 0 bridgehead atoms. The van der Waals surface area contributed by atoms with Crippen LogP contribution < -0.4 is 5.32 Å². The third-order valence-electron chi connectivity index (χ3n) is 5.49. The lowest BCUT2D eigenvalue weighted by atomic mass is 9.93. The summed E-state index contributed by atoms with van der Waals surface area (Å²) < 4.78 is 7.48. The van der Waals surface area contributed by atoms with Gasteiger partial charge < -0.3 is 19.3 Å². The Morgan fingerprint density at radius 3 is 2.86 bits per heavy atom. The van der Waals surface area contributed by atoms with E-state index in [9.17, 15) is 0 Å². The molecule has 3 rings (SSSR count). The summed E-state index contributed by atoms with van der Waals surface area (Å²) in [5, 5.41) is 7.50. The van der Waals surface area contributed by atoms with Crippen molar-refractivity contribution in [2.45, 2.75) is 53.0 Å². The van der Waals surface area contributed by atoms with Crippen molar-refractivity contribution in [3.8, 4) is 0 Å². The van der Waals surface area contributed by atoms with Gasteiger partial charge >= 0.3 is 0 Å². The molecule has 2 atom stereocenters. The van der Waals surface area contributed by atoms with Crippen LogP contribution in [0.15, 0.2) is 28.2 Å². The minimum absolute atomic E-state index is 0. The van der Waals surface area contributed by atoms with Crippen LogP contribution in [-0.2, 0) is 6.42 Å². The van der Waals surface area contributed by atoms with Gasteiger partial charge in [0.1, 0.15) is 5.76 Å². The van der Waals surface area contributed by atoms with Crippen molar-refractivity contribution in [1.29, 1.82) is 0 Å². The molecule has 0 radical (unpaired) electrons. The van der Waals surface area contributed by atoms with Gasteiger partial charge in [0.25, 0.3) is 0 Å². The highest BCUT2D eigenvalue weighted by Gasteiger charge is 2.28. The van der Waals surface area contributed by atoms with Crippen molar-refractivity contribution in [2.75, 3.05) is 26.2 Å². The topological polar surface area (TPSA) is 71.5 Å². The Morgan fingerprint density at radius 2 is 2.21 bits per heavy atom. The molecule has 156 valence electrons. The zero-order valence-electron chi connectivity index (χ0n) is 17.4. The van der Waals surface area contributed by atoms with Crippen molar-refractivity contribution < 1.29 is 4.52 Å². The van der Waals surface area contributed by atoms with Crippen LogP contribution in [0.4, 0.5) is 0 Å². The van der Waals surface area contributed by atoms with E-state index in [1.54, 1.807) is 0 Å². The average Bonchev–Trinajstić information content (AvgIpc) is 3.30. The molecule has 2 aromatic heterocycles. The summed E-state index contributed by atoms with van der Waals surface area (Å²) >= 11 is 0. The fourth-order valence-electron chi connectivity index (χ4n) is 3.82. The molecule has 28 heavy (non-hydrogen) atoms. The number of likely N-dealkylation sites (tertiary alicyclic amines) is 1. The molecule has 0 aromatic carbocycles. The van der Waals surface area contributed by atoms with E-state index in [1.807, 2.05) is 26.4 Å². The summed E-state index contributed by atoms with van der Waals surface area (Å²) in [6.07, 6.45) is 8.97. The van der Waals surface area contributed by atoms with Crippen molar-refractivity contribution in [1.82, 2.24) is 24.9 Å². The molecule has 2 aromatic rings. The van der Waals surface area contributed by atoms with Gasteiger partial charge in [0, 0.05) is 44.1 Å². The Labute approximate surface area is 185 Å². The maximum Gasteiger partial charge on any atom is 0.193 e. The molecule has 1 fully saturated rings. The normalized spacial score (nSPS) is 20.1. The van der Waals surface area contributed by atoms with Crippen LogP contribution in [0.3, 0.4) is 0 Å². The summed E-state index contributed by atoms with van der Waals surface area (Å²) in [6, 6.07) is 0.437. The number of rotatable bonds is 6. The molecule has 1 N–H and O–H groups in total. The second-order valence-electron chi connectivity index (χ2n) is 7.43. The molecule has 1 aliphatic heterocycles. The van der Waals surface area contributed by atoms with E-state index in [-0.39, 0.29) is 24.0 Å². The number of aliphatic imine (C=N–C) groups is 1. The first-order valence-electron chi connectivity index (χ1n) is 10.0. The molecule has 8 heteroatoms. The maximum atomic E-state index is 5.25. The standard InChI is InChI=1S/C20H32N6O.HI/c1-5-22-20(23-9-6-7-18-16(3)24-27-17(18)4)25-11-8-15(2)19(13-25)26-12-10-21-14-26;/h10,12,14-15,19H,5-9,11,13H2,1-4H3,(H,22,23);1H. The minimum Gasteiger partial charge on any atom is -0.361 e. The molecule has 3 heterocycles. The number of piperidine rings is 1. The lowest BCUT2D eigenvalue weighted by molar-refractivity contribution is 0.189. The monoisotopic (exact) mass is 500 g/mol.